The summed E-state index contributed by atoms with van der Waals surface area (Å²) in [5, 5.41) is 2.68. The molecule has 1 nitrogen and oxygen atoms in total. The summed E-state index contributed by atoms with van der Waals surface area (Å²) in [7, 11) is 0. The van der Waals surface area contributed by atoms with E-state index in [1.807, 2.05) is 6.92 Å². The van der Waals surface area contributed by atoms with Crippen molar-refractivity contribution in [2.24, 2.45) is 0 Å². The summed E-state index contributed by atoms with van der Waals surface area (Å²) in [6.07, 6.45) is -2.70. The number of benzene rings is 1. The molecule has 0 aromatic heterocycles. The third kappa shape index (κ3) is 2.18. The zero-order valence-corrected chi connectivity index (χ0v) is 9.77. The van der Waals surface area contributed by atoms with E-state index in [9.17, 15) is 13.2 Å². The van der Waals surface area contributed by atoms with Crippen LogP contribution in [0.3, 0.4) is 0 Å². The predicted molar refractivity (Wildman–Crippen MR) is 60.8 cm³/mol. The Kier molecular flexibility index (Phi) is 3.17. The molecule has 94 valence electrons. The van der Waals surface area contributed by atoms with E-state index in [4.69, 9.17) is 0 Å². The van der Waals surface area contributed by atoms with Gasteiger partial charge in [-0.3, -0.25) is 5.32 Å². The molecular weight excluding hydrogens is 227 g/mol. The molecule has 2 rings (SSSR count). The highest BCUT2D eigenvalue weighted by molar-refractivity contribution is 5.30. The van der Waals surface area contributed by atoms with Crippen molar-refractivity contribution in [3.05, 3.63) is 35.4 Å². The summed E-state index contributed by atoms with van der Waals surface area (Å²) in [4.78, 5) is 0. The molecule has 1 N–H and O–H groups in total. The van der Waals surface area contributed by atoms with Crippen LogP contribution in [0.15, 0.2) is 24.3 Å². The first-order chi connectivity index (χ1) is 7.96. The first kappa shape index (κ1) is 12.4. The van der Waals surface area contributed by atoms with E-state index >= 15 is 0 Å². The van der Waals surface area contributed by atoms with Crippen LogP contribution in [0, 0.1) is 6.92 Å². The topological polar surface area (TPSA) is 12.0 Å². The molecule has 1 aromatic carbocycles. The molecule has 1 aromatic rings. The van der Waals surface area contributed by atoms with Crippen LogP contribution in [0.2, 0.25) is 0 Å². The number of aryl methyl sites for hydroxylation is 1. The van der Waals surface area contributed by atoms with Gasteiger partial charge in [-0.1, -0.05) is 29.8 Å². The fourth-order valence-corrected chi connectivity index (χ4v) is 2.40. The Morgan fingerprint density at radius 3 is 2.24 bits per heavy atom. The molecule has 0 aliphatic carbocycles. The minimum atomic E-state index is -4.25. The maximum absolute atomic E-state index is 13.3. The minimum absolute atomic E-state index is 0.125. The van der Waals surface area contributed by atoms with Crippen LogP contribution in [0.4, 0.5) is 13.2 Å². The van der Waals surface area contributed by atoms with Gasteiger partial charge in [0.1, 0.15) is 5.54 Å². The molecule has 0 amide bonds. The van der Waals surface area contributed by atoms with Crippen LogP contribution >= 0.6 is 0 Å². The van der Waals surface area contributed by atoms with Crippen molar-refractivity contribution < 1.29 is 13.2 Å². The van der Waals surface area contributed by atoms with E-state index in [-0.39, 0.29) is 6.42 Å². The Morgan fingerprint density at radius 2 is 1.76 bits per heavy atom. The van der Waals surface area contributed by atoms with Gasteiger partial charge in [-0.2, -0.15) is 13.2 Å². The number of rotatable bonds is 1. The maximum atomic E-state index is 13.3. The van der Waals surface area contributed by atoms with E-state index in [2.05, 4.69) is 5.32 Å². The van der Waals surface area contributed by atoms with Crippen molar-refractivity contribution in [3.8, 4) is 0 Å². The molecular formula is C13H16F3N. The van der Waals surface area contributed by atoms with Crippen molar-refractivity contribution in [1.82, 2.24) is 5.32 Å². The SMILES string of the molecule is Cc1ccc([C@@]2(C(F)(F)F)CCCCN2)cc1. The molecule has 17 heavy (non-hydrogen) atoms. The van der Waals surface area contributed by atoms with E-state index in [1.54, 1.807) is 24.3 Å². The zero-order valence-electron chi connectivity index (χ0n) is 9.77. The van der Waals surface area contributed by atoms with E-state index < -0.39 is 11.7 Å². The van der Waals surface area contributed by atoms with Crippen molar-refractivity contribution in [3.63, 3.8) is 0 Å². The van der Waals surface area contributed by atoms with Crippen molar-refractivity contribution >= 4 is 0 Å². The van der Waals surface area contributed by atoms with Gasteiger partial charge in [0.15, 0.2) is 0 Å². The quantitative estimate of drug-likeness (QED) is 0.795. The third-order valence-corrected chi connectivity index (χ3v) is 3.43. The van der Waals surface area contributed by atoms with Crippen LogP contribution in [0.5, 0.6) is 0 Å². The Balaban J connectivity index is 2.43. The van der Waals surface area contributed by atoms with Crippen molar-refractivity contribution in [2.75, 3.05) is 6.54 Å². The number of alkyl halides is 3. The van der Waals surface area contributed by atoms with Crippen molar-refractivity contribution in [2.45, 2.75) is 37.9 Å². The Labute approximate surface area is 99.0 Å². The normalized spacial score (nSPS) is 25.9. The lowest BCUT2D eigenvalue weighted by atomic mass is 9.81. The van der Waals surface area contributed by atoms with Gasteiger partial charge in [0.2, 0.25) is 0 Å². The summed E-state index contributed by atoms with van der Waals surface area (Å²) in [5.74, 6) is 0. The molecule has 1 aliphatic rings. The lowest BCUT2D eigenvalue weighted by Gasteiger charge is -2.40. The van der Waals surface area contributed by atoms with Gasteiger partial charge in [0.05, 0.1) is 0 Å². The van der Waals surface area contributed by atoms with Crippen molar-refractivity contribution in [1.29, 1.82) is 0 Å². The number of hydrogen-bond donors (Lipinski definition) is 1. The molecule has 0 saturated carbocycles. The molecule has 1 aliphatic heterocycles. The van der Waals surface area contributed by atoms with Crippen LogP contribution in [-0.4, -0.2) is 12.7 Å². The fourth-order valence-electron chi connectivity index (χ4n) is 2.40. The maximum Gasteiger partial charge on any atom is 0.410 e. The predicted octanol–water partition coefficient (Wildman–Crippen LogP) is 3.53. The zero-order chi connectivity index (χ0) is 12.5. The summed E-state index contributed by atoms with van der Waals surface area (Å²) in [5.41, 5.74) is -0.545. The van der Waals surface area contributed by atoms with Crippen LogP contribution in [0.25, 0.3) is 0 Å². The van der Waals surface area contributed by atoms with Gasteiger partial charge in [0, 0.05) is 0 Å². The highest BCUT2D eigenvalue weighted by atomic mass is 19.4. The summed E-state index contributed by atoms with van der Waals surface area (Å²) >= 11 is 0. The highest BCUT2D eigenvalue weighted by Crippen LogP contribution is 2.44. The Hall–Kier alpha value is -1.03. The molecule has 4 heteroatoms. The average molecular weight is 243 g/mol. The molecule has 0 bridgehead atoms. The number of piperidine rings is 1. The van der Waals surface area contributed by atoms with Crippen LogP contribution in [-0.2, 0) is 5.54 Å². The van der Waals surface area contributed by atoms with Gasteiger partial charge >= 0.3 is 6.18 Å². The largest absolute Gasteiger partial charge is 0.410 e. The molecule has 1 saturated heterocycles. The van der Waals surface area contributed by atoms with E-state index in [0.717, 1.165) is 12.0 Å². The van der Waals surface area contributed by atoms with Gasteiger partial charge in [-0.25, -0.2) is 0 Å². The number of halogens is 3. The second kappa shape index (κ2) is 4.33. The third-order valence-electron chi connectivity index (χ3n) is 3.43. The Bertz CT molecular complexity index is 375. The van der Waals surface area contributed by atoms with Crippen LogP contribution < -0.4 is 5.32 Å². The fraction of sp³-hybridized carbons (Fsp3) is 0.538. The number of nitrogens with one attached hydrogen (secondary N) is 1. The molecule has 1 fully saturated rings. The first-order valence-corrected chi connectivity index (χ1v) is 5.85. The first-order valence-electron chi connectivity index (χ1n) is 5.85. The van der Waals surface area contributed by atoms with Crippen LogP contribution in [0.1, 0.15) is 30.4 Å². The summed E-state index contributed by atoms with van der Waals surface area (Å²) < 4.78 is 40.0. The van der Waals surface area contributed by atoms with Gasteiger partial charge in [-0.15, -0.1) is 0 Å². The van der Waals surface area contributed by atoms with Gasteiger partial charge < -0.3 is 0 Å². The molecule has 1 atom stereocenters. The minimum Gasteiger partial charge on any atom is -0.300 e. The van der Waals surface area contributed by atoms with E-state index in [0.29, 0.717) is 18.5 Å². The number of hydrogen-bond acceptors (Lipinski definition) is 1. The second-order valence-corrected chi connectivity index (χ2v) is 4.65. The average Bonchev–Trinajstić information content (AvgIpc) is 2.29. The lowest BCUT2D eigenvalue weighted by molar-refractivity contribution is -0.207. The molecule has 0 spiro atoms. The molecule has 0 radical (unpaired) electrons. The monoisotopic (exact) mass is 243 g/mol. The standard InChI is InChI=1S/C13H16F3N/c1-10-4-6-11(7-5-10)12(13(14,15)16)8-2-3-9-17-12/h4-7,17H,2-3,8-9H2,1H3/t12-/m1/s1. The van der Waals surface area contributed by atoms with Gasteiger partial charge in [0.25, 0.3) is 0 Å². The molecule has 1 heterocycles. The summed E-state index contributed by atoms with van der Waals surface area (Å²) in [6, 6.07) is 6.64. The van der Waals surface area contributed by atoms with Gasteiger partial charge in [-0.05, 0) is 38.3 Å². The smallest absolute Gasteiger partial charge is 0.300 e. The second-order valence-electron chi connectivity index (χ2n) is 4.65. The lowest BCUT2D eigenvalue weighted by Crippen LogP contribution is -2.56. The Morgan fingerprint density at radius 1 is 1.12 bits per heavy atom. The highest BCUT2D eigenvalue weighted by Gasteiger charge is 2.55. The van der Waals surface area contributed by atoms with E-state index in [1.165, 1.54) is 0 Å². The molecule has 0 unspecified atom stereocenters. The summed E-state index contributed by atoms with van der Waals surface area (Å²) in [6.45, 7) is 2.30.